The van der Waals surface area contributed by atoms with Crippen LogP contribution in [0.25, 0.3) is 0 Å². The first-order valence-corrected chi connectivity index (χ1v) is 11.5. The van der Waals surface area contributed by atoms with Gasteiger partial charge >= 0.3 is 6.36 Å². The van der Waals surface area contributed by atoms with E-state index in [0.29, 0.717) is 23.8 Å². The molecular weight excluding hydrogens is 433 g/mol. The summed E-state index contributed by atoms with van der Waals surface area (Å²) >= 11 is 0. The highest BCUT2D eigenvalue weighted by molar-refractivity contribution is 6.07. The van der Waals surface area contributed by atoms with E-state index in [1.807, 2.05) is 13.8 Å². The zero-order valence-corrected chi connectivity index (χ0v) is 19.3. The van der Waals surface area contributed by atoms with Gasteiger partial charge in [0.15, 0.2) is 11.6 Å². The monoisotopic (exact) mass is 466 g/mol. The Morgan fingerprint density at radius 3 is 2.45 bits per heavy atom. The van der Waals surface area contributed by atoms with Crippen molar-refractivity contribution in [2.24, 2.45) is 17.8 Å². The minimum atomic E-state index is -4.87. The van der Waals surface area contributed by atoms with Gasteiger partial charge in [0.05, 0.1) is 5.71 Å². The third-order valence-corrected chi connectivity index (χ3v) is 7.01. The molecule has 3 aliphatic rings. The fourth-order valence-electron chi connectivity index (χ4n) is 5.37. The summed E-state index contributed by atoms with van der Waals surface area (Å²) in [6.45, 7) is 8.56. The van der Waals surface area contributed by atoms with Gasteiger partial charge in [-0.05, 0) is 57.7 Å². The second-order valence-electron chi connectivity index (χ2n) is 9.79. The second-order valence-corrected chi connectivity index (χ2v) is 9.79. The van der Waals surface area contributed by atoms with Gasteiger partial charge in [0.25, 0.3) is 0 Å². The number of pyridine rings is 1. The van der Waals surface area contributed by atoms with E-state index in [9.17, 15) is 13.2 Å². The van der Waals surface area contributed by atoms with E-state index >= 15 is 0 Å². The number of hydrogen-bond donors (Lipinski definition) is 3. The lowest BCUT2D eigenvalue weighted by molar-refractivity contribution is -0.274. The van der Waals surface area contributed by atoms with Crippen molar-refractivity contribution < 1.29 is 17.9 Å². The van der Waals surface area contributed by atoms with Gasteiger partial charge in [0.2, 0.25) is 0 Å². The molecule has 0 amide bonds. The summed E-state index contributed by atoms with van der Waals surface area (Å²) in [4.78, 5) is 8.77. The zero-order chi connectivity index (χ0) is 23.9. The Balaban J connectivity index is 1.45. The molecule has 2 aliphatic carbocycles. The van der Waals surface area contributed by atoms with Crippen LogP contribution in [0.3, 0.4) is 0 Å². The number of allylic oxidation sites excluding steroid dienone is 2. The number of nitrogens with two attached hydrogens (primary N) is 1. The number of halogens is 3. The van der Waals surface area contributed by atoms with Gasteiger partial charge in [-0.2, -0.15) is 0 Å². The first-order valence-electron chi connectivity index (χ1n) is 11.5. The lowest BCUT2D eigenvalue weighted by Gasteiger charge is -2.37. The first kappa shape index (κ1) is 23.8. The molecule has 2 heterocycles. The molecular formula is C23H33F3N6O. The van der Waals surface area contributed by atoms with E-state index in [1.54, 1.807) is 6.08 Å². The van der Waals surface area contributed by atoms with Crippen LogP contribution < -0.4 is 15.8 Å². The predicted octanol–water partition coefficient (Wildman–Crippen LogP) is 3.08. The van der Waals surface area contributed by atoms with Crippen LogP contribution in [0.2, 0.25) is 0 Å². The Morgan fingerprint density at radius 1 is 1.24 bits per heavy atom. The van der Waals surface area contributed by atoms with E-state index in [0.717, 1.165) is 50.8 Å². The van der Waals surface area contributed by atoms with E-state index in [4.69, 9.17) is 11.1 Å². The largest absolute Gasteiger partial charge is 0.573 e. The first-order chi connectivity index (χ1) is 15.5. The number of nitrogens with zero attached hydrogens (tertiary/aromatic N) is 3. The number of nitrogens with one attached hydrogen (secondary N) is 2. The number of likely N-dealkylation sites (N-methyl/N-ethyl adjacent to an activating group) is 1. The lowest BCUT2D eigenvalue weighted by atomic mass is 10.0. The van der Waals surface area contributed by atoms with Gasteiger partial charge in [0, 0.05) is 61.6 Å². The summed E-state index contributed by atoms with van der Waals surface area (Å²) in [6.07, 6.45) is 0.496. The van der Waals surface area contributed by atoms with Gasteiger partial charge in [-0.3, -0.25) is 4.90 Å². The van der Waals surface area contributed by atoms with Gasteiger partial charge < -0.3 is 26.1 Å². The molecule has 4 atom stereocenters. The Kier molecular flexibility index (Phi) is 6.59. The highest BCUT2D eigenvalue weighted by Gasteiger charge is 2.58. The van der Waals surface area contributed by atoms with Crippen LogP contribution in [-0.2, 0) is 0 Å². The molecule has 3 fully saturated rings. The number of aromatic nitrogens is 1. The average molecular weight is 467 g/mol. The van der Waals surface area contributed by atoms with Crippen molar-refractivity contribution in [1.82, 2.24) is 20.1 Å². The van der Waals surface area contributed by atoms with Gasteiger partial charge in [0.1, 0.15) is 0 Å². The van der Waals surface area contributed by atoms with Crippen LogP contribution in [0.5, 0.6) is 5.75 Å². The Morgan fingerprint density at radius 2 is 1.88 bits per heavy atom. The third kappa shape index (κ3) is 5.60. The molecule has 4 N–H and O–H groups in total. The minimum Gasteiger partial charge on any atom is -0.402 e. The van der Waals surface area contributed by atoms with Crippen molar-refractivity contribution in [3.05, 3.63) is 29.6 Å². The van der Waals surface area contributed by atoms with Crippen molar-refractivity contribution in [3.8, 4) is 5.75 Å². The number of fused-ring (bicyclic) bond motifs is 1. The number of piperazine rings is 1. The number of anilines is 1. The molecule has 1 saturated heterocycles. The highest BCUT2D eigenvalue weighted by atomic mass is 19.4. The standard InChI is InChI=1S/C23H33F3N6O/c1-13(2)30-19(11-18(27)14-8-20(22(28)29-12-14)33-23(24,25)26)21-16-9-15(10-17(16)21)32-6-4-31(3)5-7-32/h8,11-13,15-17,21,27,30H,4-7,9-10H2,1-3H3,(H2,28,29)/b19-11-,27-18?/t15-,16-,17+,21+. The maximum atomic E-state index is 12.7. The molecule has 0 bridgehead atoms. The number of ether oxygens (including phenoxy) is 1. The zero-order valence-electron chi connectivity index (χ0n) is 19.3. The second kappa shape index (κ2) is 9.13. The van der Waals surface area contributed by atoms with Crippen molar-refractivity contribution in [1.29, 1.82) is 5.41 Å². The van der Waals surface area contributed by atoms with Gasteiger partial charge in [-0.25, -0.2) is 4.98 Å². The normalized spacial score (nSPS) is 28.6. The Labute approximate surface area is 192 Å². The summed E-state index contributed by atoms with van der Waals surface area (Å²) in [5.41, 5.74) is 6.82. The smallest absolute Gasteiger partial charge is 0.402 e. The summed E-state index contributed by atoms with van der Waals surface area (Å²) in [7, 11) is 2.16. The molecule has 0 spiro atoms. The summed E-state index contributed by atoms with van der Waals surface area (Å²) in [5, 5.41) is 12.0. The maximum Gasteiger partial charge on any atom is 0.573 e. The topological polar surface area (TPSA) is 90.5 Å². The molecule has 182 valence electrons. The van der Waals surface area contributed by atoms with Crippen molar-refractivity contribution in [3.63, 3.8) is 0 Å². The maximum absolute atomic E-state index is 12.7. The van der Waals surface area contributed by atoms with Crippen molar-refractivity contribution in [2.45, 2.75) is 45.1 Å². The van der Waals surface area contributed by atoms with Crippen LogP contribution in [-0.4, -0.2) is 72.2 Å². The molecule has 0 radical (unpaired) electrons. The molecule has 1 aromatic rings. The van der Waals surface area contributed by atoms with Gasteiger partial charge in [-0.1, -0.05) is 0 Å². The Hall–Kier alpha value is -2.33. The average Bonchev–Trinajstić information content (AvgIpc) is 3.21. The van der Waals surface area contributed by atoms with Gasteiger partial charge in [-0.15, -0.1) is 13.2 Å². The predicted molar refractivity (Wildman–Crippen MR) is 121 cm³/mol. The third-order valence-electron chi connectivity index (χ3n) is 7.01. The molecule has 0 unspecified atom stereocenters. The summed E-state index contributed by atoms with van der Waals surface area (Å²) < 4.78 is 41.9. The van der Waals surface area contributed by atoms with E-state index in [2.05, 4.69) is 31.9 Å². The van der Waals surface area contributed by atoms with Crippen LogP contribution in [0.1, 0.15) is 32.3 Å². The van der Waals surface area contributed by atoms with E-state index in [1.165, 1.54) is 6.20 Å². The molecule has 7 nitrogen and oxygen atoms in total. The van der Waals surface area contributed by atoms with Crippen LogP contribution in [0, 0.1) is 23.2 Å². The fourth-order valence-corrected chi connectivity index (χ4v) is 5.37. The highest BCUT2D eigenvalue weighted by Crippen LogP contribution is 2.61. The SMILES string of the molecule is CC(C)N/C(=C\C(=N)c1cnc(N)c(OC(F)(F)F)c1)[C@H]1[C@@H]2C[C@@H](N3CCN(C)CC3)C[C@@H]21. The summed E-state index contributed by atoms with van der Waals surface area (Å²) in [6, 6.07) is 1.94. The number of rotatable bonds is 7. The van der Waals surface area contributed by atoms with Crippen LogP contribution in [0.15, 0.2) is 24.0 Å². The molecule has 1 aromatic heterocycles. The molecule has 33 heavy (non-hydrogen) atoms. The summed E-state index contributed by atoms with van der Waals surface area (Å²) in [5.74, 6) is 0.598. The number of hydrogen-bond acceptors (Lipinski definition) is 7. The number of nitrogen functional groups attached to an aromatic ring is 1. The molecule has 0 aromatic carbocycles. The van der Waals surface area contributed by atoms with E-state index < -0.39 is 12.1 Å². The molecule has 1 aliphatic heterocycles. The molecule has 10 heteroatoms. The quantitative estimate of drug-likeness (QED) is 0.535. The molecule has 4 rings (SSSR count). The lowest BCUT2D eigenvalue weighted by Crippen LogP contribution is -2.48. The van der Waals surface area contributed by atoms with Crippen molar-refractivity contribution in [2.75, 3.05) is 39.0 Å². The molecule has 2 saturated carbocycles. The van der Waals surface area contributed by atoms with Crippen LogP contribution >= 0.6 is 0 Å². The minimum absolute atomic E-state index is 0.0817. The van der Waals surface area contributed by atoms with Crippen molar-refractivity contribution >= 4 is 11.5 Å². The van der Waals surface area contributed by atoms with E-state index in [-0.39, 0.29) is 23.1 Å². The fraction of sp³-hybridized carbons (Fsp3) is 0.652. The Bertz CT molecular complexity index is 898. The number of alkyl halides is 3. The van der Waals surface area contributed by atoms with Crippen LogP contribution in [0.4, 0.5) is 19.0 Å².